The SMILES string of the molecule is CNC(=O)N1CCN(C(=O)[C@H](Cc2cccc(C(=N)N)c2)NS(=O)(=O)c2cccc(-c3ccc(OC)cc3O)c2)CC1. The number of methoxy groups -OCH3 is 1. The minimum Gasteiger partial charge on any atom is -0.507 e. The van der Waals surface area contributed by atoms with Crippen LogP contribution < -0.4 is 20.5 Å². The number of benzene rings is 3. The number of hydrogen-bond donors (Lipinski definition) is 5. The van der Waals surface area contributed by atoms with Gasteiger partial charge in [0.2, 0.25) is 15.9 Å². The van der Waals surface area contributed by atoms with Crippen molar-refractivity contribution in [1.82, 2.24) is 19.8 Å². The molecule has 1 fully saturated rings. The van der Waals surface area contributed by atoms with Crippen molar-refractivity contribution in [1.29, 1.82) is 5.41 Å². The summed E-state index contributed by atoms with van der Waals surface area (Å²) in [5.41, 5.74) is 7.58. The van der Waals surface area contributed by atoms with Crippen LogP contribution in [0.15, 0.2) is 71.6 Å². The van der Waals surface area contributed by atoms with Crippen molar-refractivity contribution < 1.29 is 27.9 Å². The fourth-order valence-electron chi connectivity index (χ4n) is 4.76. The van der Waals surface area contributed by atoms with Crippen LogP contribution in [0.25, 0.3) is 11.1 Å². The highest BCUT2D eigenvalue weighted by molar-refractivity contribution is 7.89. The summed E-state index contributed by atoms with van der Waals surface area (Å²) in [5, 5.41) is 20.8. The van der Waals surface area contributed by atoms with Gasteiger partial charge in [-0.25, -0.2) is 13.2 Å². The maximum absolute atomic E-state index is 13.7. The highest BCUT2D eigenvalue weighted by Crippen LogP contribution is 2.33. The van der Waals surface area contributed by atoms with E-state index in [4.69, 9.17) is 15.9 Å². The molecule has 13 heteroatoms. The summed E-state index contributed by atoms with van der Waals surface area (Å²) >= 11 is 0. The number of carbonyl (C=O) groups is 2. The largest absolute Gasteiger partial charge is 0.507 e. The van der Waals surface area contributed by atoms with Gasteiger partial charge in [0.1, 0.15) is 23.4 Å². The standard InChI is InChI=1S/C29H34N6O6S/c1-32-29(38)35-13-11-34(12-14-35)28(37)25(16-19-5-3-7-21(15-19)27(30)31)33-42(39,40)23-8-4-6-20(17-23)24-10-9-22(41-2)18-26(24)36/h3-10,15,17-18,25,33,36H,11-14,16H2,1-2H3,(H3,30,31)(H,32,38)/t25-/m0/s1. The number of phenols is 1. The quantitative estimate of drug-likeness (QED) is 0.185. The predicted molar refractivity (Wildman–Crippen MR) is 158 cm³/mol. The zero-order valence-corrected chi connectivity index (χ0v) is 24.1. The van der Waals surface area contributed by atoms with Gasteiger partial charge in [-0.1, -0.05) is 30.3 Å². The Morgan fingerprint density at radius 2 is 1.71 bits per heavy atom. The zero-order valence-electron chi connectivity index (χ0n) is 23.3. The third kappa shape index (κ3) is 6.98. The van der Waals surface area contributed by atoms with Crippen molar-refractivity contribution in [3.8, 4) is 22.6 Å². The van der Waals surface area contributed by atoms with Gasteiger partial charge in [0.05, 0.1) is 12.0 Å². The van der Waals surface area contributed by atoms with E-state index in [1.54, 1.807) is 53.4 Å². The number of nitrogens with zero attached hydrogens (tertiary/aromatic N) is 2. The van der Waals surface area contributed by atoms with Gasteiger partial charge in [-0.15, -0.1) is 0 Å². The van der Waals surface area contributed by atoms with Crippen molar-refractivity contribution in [3.63, 3.8) is 0 Å². The number of carbonyl (C=O) groups excluding carboxylic acids is 2. The number of nitrogens with one attached hydrogen (secondary N) is 3. The van der Waals surface area contributed by atoms with Crippen molar-refractivity contribution in [3.05, 3.63) is 77.9 Å². The van der Waals surface area contributed by atoms with Crippen LogP contribution >= 0.6 is 0 Å². The number of sulfonamides is 1. The summed E-state index contributed by atoms with van der Waals surface area (Å²) in [5.74, 6) is -0.212. The van der Waals surface area contributed by atoms with Gasteiger partial charge in [0.15, 0.2) is 0 Å². The van der Waals surface area contributed by atoms with Crippen molar-refractivity contribution in [2.45, 2.75) is 17.4 Å². The average molecular weight is 595 g/mol. The molecule has 3 aromatic carbocycles. The molecule has 1 aliphatic rings. The zero-order chi connectivity index (χ0) is 30.4. The van der Waals surface area contributed by atoms with Crippen LogP contribution in [0.1, 0.15) is 11.1 Å². The molecule has 0 spiro atoms. The number of aromatic hydroxyl groups is 1. The molecular weight excluding hydrogens is 560 g/mol. The Hall–Kier alpha value is -4.62. The van der Waals surface area contributed by atoms with Crippen LogP contribution in [0.4, 0.5) is 4.79 Å². The van der Waals surface area contributed by atoms with E-state index in [2.05, 4.69) is 10.0 Å². The molecule has 0 saturated carbocycles. The molecule has 4 rings (SSSR count). The van der Waals surface area contributed by atoms with E-state index in [0.29, 0.717) is 41.1 Å². The highest BCUT2D eigenvalue weighted by atomic mass is 32.2. The number of rotatable bonds is 9. The molecule has 1 heterocycles. The molecule has 0 aromatic heterocycles. The molecule has 0 unspecified atom stereocenters. The molecule has 3 aromatic rings. The predicted octanol–water partition coefficient (Wildman–Crippen LogP) is 1.73. The number of phenolic OH excluding ortho intramolecular Hbond substituents is 1. The number of amides is 3. The molecule has 0 aliphatic carbocycles. The fourth-order valence-corrected chi connectivity index (χ4v) is 5.99. The first-order valence-corrected chi connectivity index (χ1v) is 14.7. The Morgan fingerprint density at radius 3 is 2.36 bits per heavy atom. The Bertz CT molecular complexity index is 1590. The number of piperazine rings is 1. The molecule has 1 saturated heterocycles. The third-order valence-corrected chi connectivity index (χ3v) is 8.50. The highest BCUT2D eigenvalue weighted by Gasteiger charge is 2.32. The normalized spacial score (nSPS) is 14.2. The number of nitrogen functional groups attached to an aromatic ring is 1. The van der Waals surface area contributed by atoms with Gasteiger partial charge in [-0.05, 0) is 47.9 Å². The topological polar surface area (TPSA) is 178 Å². The van der Waals surface area contributed by atoms with Gasteiger partial charge in [0, 0.05) is 50.4 Å². The first kappa shape index (κ1) is 30.3. The first-order valence-electron chi connectivity index (χ1n) is 13.2. The molecule has 0 bridgehead atoms. The summed E-state index contributed by atoms with van der Waals surface area (Å²) in [4.78, 5) is 28.8. The molecular formula is C29H34N6O6S. The van der Waals surface area contributed by atoms with E-state index in [9.17, 15) is 23.1 Å². The number of hydrogen-bond acceptors (Lipinski definition) is 7. The first-order chi connectivity index (χ1) is 20.0. The van der Waals surface area contributed by atoms with Crippen LogP contribution in [0.3, 0.4) is 0 Å². The fraction of sp³-hybridized carbons (Fsp3) is 0.276. The summed E-state index contributed by atoms with van der Waals surface area (Å²) in [6.07, 6.45) is 0.00774. The maximum atomic E-state index is 13.7. The monoisotopic (exact) mass is 594 g/mol. The van der Waals surface area contributed by atoms with Crippen molar-refractivity contribution in [2.75, 3.05) is 40.3 Å². The summed E-state index contributed by atoms with van der Waals surface area (Å²) in [6.45, 7) is 1.09. The molecule has 6 N–H and O–H groups in total. The Balaban J connectivity index is 1.62. The lowest BCUT2D eigenvalue weighted by atomic mass is 10.0. The van der Waals surface area contributed by atoms with Gasteiger partial charge in [0.25, 0.3) is 0 Å². The molecule has 12 nitrogen and oxygen atoms in total. The van der Waals surface area contributed by atoms with Crippen LogP contribution in [0.2, 0.25) is 0 Å². The number of urea groups is 1. The molecule has 222 valence electrons. The minimum absolute atomic E-state index is 0.00774. The lowest BCUT2D eigenvalue weighted by Crippen LogP contribution is -2.57. The van der Waals surface area contributed by atoms with E-state index in [0.717, 1.165) is 0 Å². The van der Waals surface area contributed by atoms with Crippen LogP contribution in [-0.4, -0.2) is 87.5 Å². The van der Waals surface area contributed by atoms with Crippen LogP contribution in [0, 0.1) is 5.41 Å². The van der Waals surface area contributed by atoms with Crippen molar-refractivity contribution in [2.24, 2.45) is 5.73 Å². The molecule has 1 aliphatic heterocycles. The van der Waals surface area contributed by atoms with Crippen LogP contribution in [0.5, 0.6) is 11.5 Å². The van der Waals surface area contributed by atoms with Gasteiger partial charge in [-0.3, -0.25) is 10.2 Å². The van der Waals surface area contributed by atoms with E-state index >= 15 is 0 Å². The Morgan fingerprint density at radius 1 is 1.02 bits per heavy atom. The van der Waals surface area contributed by atoms with E-state index in [1.807, 2.05) is 0 Å². The van der Waals surface area contributed by atoms with Gasteiger partial charge < -0.3 is 30.7 Å². The summed E-state index contributed by atoms with van der Waals surface area (Å²) in [6, 6.07) is 16.1. The molecule has 1 atom stereocenters. The Labute approximate surface area is 244 Å². The van der Waals surface area contributed by atoms with Crippen LogP contribution in [-0.2, 0) is 21.2 Å². The average Bonchev–Trinajstić information content (AvgIpc) is 3.00. The van der Waals surface area contributed by atoms with Crippen molar-refractivity contribution >= 4 is 27.8 Å². The second kappa shape index (κ2) is 12.9. The number of ether oxygens (including phenoxy) is 1. The lowest BCUT2D eigenvalue weighted by molar-refractivity contribution is -0.134. The summed E-state index contributed by atoms with van der Waals surface area (Å²) < 4.78 is 35.0. The number of nitrogens with two attached hydrogens (primary N) is 1. The lowest BCUT2D eigenvalue weighted by Gasteiger charge is -2.36. The molecule has 42 heavy (non-hydrogen) atoms. The second-order valence-electron chi connectivity index (χ2n) is 9.77. The summed E-state index contributed by atoms with van der Waals surface area (Å²) in [7, 11) is -1.21. The smallest absolute Gasteiger partial charge is 0.317 e. The molecule has 0 radical (unpaired) electrons. The maximum Gasteiger partial charge on any atom is 0.317 e. The minimum atomic E-state index is -4.22. The van der Waals surface area contributed by atoms with Gasteiger partial charge >= 0.3 is 6.03 Å². The second-order valence-corrected chi connectivity index (χ2v) is 11.5. The van der Waals surface area contributed by atoms with E-state index in [-0.39, 0.29) is 42.0 Å². The van der Waals surface area contributed by atoms with E-state index < -0.39 is 22.0 Å². The van der Waals surface area contributed by atoms with Gasteiger partial charge in [-0.2, -0.15) is 4.72 Å². The third-order valence-electron chi connectivity index (χ3n) is 7.03. The van der Waals surface area contributed by atoms with E-state index in [1.165, 1.54) is 37.3 Å². The number of amidine groups is 1. The Kier molecular flexibility index (Phi) is 9.33. The molecule has 3 amide bonds.